The first-order valence-electron chi connectivity index (χ1n) is 14.4. The molecule has 0 aliphatic rings. The van der Waals surface area contributed by atoms with Gasteiger partial charge >= 0.3 is 212 Å². The van der Waals surface area contributed by atoms with Gasteiger partial charge in [0.15, 0.2) is 0 Å². The van der Waals surface area contributed by atoms with Gasteiger partial charge in [-0.15, -0.1) is 0 Å². The zero-order chi connectivity index (χ0) is 25.5. The van der Waals surface area contributed by atoms with Crippen LogP contribution in [-0.4, -0.2) is 20.8 Å². The third-order valence-corrected chi connectivity index (χ3v) is 9.65. The fourth-order valence-corrected chi connectivity index (χ4v) is 7.20. The van der Waals surface area contributed by atoms with Crippen molar-refractivity contribution in [1.82, 2.24) is 0 Å². The molecule has 0 saturated heterocycles. The predicted octanol–water partition coefficient (Wildman–Crippen LogP) is 8.47. The molecular weight excluding hydrogens is 439 g/mol. The van der Waals surface area contributed by atoms with E-state index in [1.165, 1.54) is 56.9 Å². The van der Waals surface area contributed by atoms with Gasteiger partial charge in [0.25, 0.3) is 0 Å². The Labute approximate surface area is 212 Å². The van der Waals surface area contributed by atoms with Gasteiger partial charge in [-0.2, -0.15) is 0 Å². The van der Waals surface area contributed by atoms with Crippen LogP contribution in [-0.2, 0) is 12.8 Å². The Hall–Kier alpha value is -0.470. The predicted molar refractivity (Wildman–Crippen MR) is 152 cm³/mol. The summed E-state index contributed by atoms with van der Waals surface area (Å²) in [6.45, 7) is 11.3. The Morgan fingerprint density at radius 2 is 1.18 bits per heavy atom. The maximum absolute atomic E-state index is 11.2. The summed E-state index contributed by atoms with van der Waals surface area (Å²) in [5.41, 5.74) is 2.23. The van der Waals surface area contributed by atoms with Gasteiger partial charge in [-0.1, -0.05) is 0 Å². The molecule has 0 amide bonds. The van der Waals surface area contributed by atoms with Gasteiger partial charge in [0.2, 0.25) is 0 Å². The summed E-state index contributed by atoms with van der Waals surface area (Å²) >= 11 is 0. The number of aryl methyl sites for hydroxylation is 1. The van der Waals surface area contributed by atoms with Crippen LogP contribution in [0.3, 0.4) is 0 Å². The third kappa shape index (κ3) is 13.0. The van der Waals surface area contributed by atoms with Crippen molar-refractivity contribution in [1.29, 1.82) is 0 Å². The third-order valence-electron chi connectivity index (χ3n) is 7.10. The Bertz CT molecular complexity index is 661. The fraction of sp³-hybridized carbons (Fsp3) is 0.800. The number of unbranched alkanes of at least 4 members (excludes halogenated alkanes) is 9. The number of hydrogen-bond acceptors (Lipinski definition) is 3. The zero-order valence-corrected chi connectivity index (χ0v) is 24.1. The number of rotatable bonds is 20. The van der Waals surface area contributed by atoms with Crippen molar-refractivity contribution in [2.75, 3.05) is 6.16 Å². The van der Waals surface area contributed by atoms with E-state index in [9.17, 15) is 14.7 Å². The van der Waals surface area contributed by atoms with E-state index < -0.39 is 7.28 Å². The molecule has 0 radical (unpaired) electrons. The van der Waals surface area contributed by atoms with E-state index in [1.807, 2.05) is 6.07 Å². The minimum atomic E-state index is -4.87. The van der Waals surface area contributed by atoms with Crippen molar-refractivity contribution in [2.45, 2.75) is 137 Å². The van der Waals surface area contributed by atoms with Gasteiger partial charge in [-0.25, -0.2) is 0 Å². The van der Waals surface area contributed by atoms with Crippen molar-refractivity contribution < 1.29 is 14.7 Å². The molecule has 3 nitrogen and oxygen atoms in total. The number of hydrogen-bond donors (Lipinski definition) is 3. The summed E-state index contributed by atoms with van der Waals surface area (Å²) in [5.74, 6) is 1.47. The molecule has 0 heterocycles. The van der Waals surface area contributed by atoms with Crippen LogP contribution in [0.25, 0.3) is 0 Å². The van der Waals surface area contributed by atoms with E-state index in [0.717, 1.165) is 62.3 Å². The molecule has 34 heavy (non-hydrogen) atoms. The molecule has 1 rings (SSSR count). The molecule has 0 bridgehead atoms. The second kappa shape index (κ2) is 16.3. The van der Waals surface area contributed by atoms with E-state index >= 15 is 0 Å². The van der Waals surface area contributed by atoms with Crippen LogP contribution in [0.15, 0.2) is 18.2 Å². The second-order valence-electron chi connectivity index (χ2n) is 11.5. The SMILES string of the molecule is CCCCCCCCP(O)(O)(O)c1cccc(CCCCCC(C)C)c1CCCCCC(C)C. The van der Waals surface area contributed by atoms with Gasteiger partial charge in [-0.05, 0) is 0 Å². The summed E-state index contributed by atoms with van der Waals surface area (Å²) in [6, 6.07) is 5.86. The summed E-state index contributed by atoms with van der Waals surface area (Å²) < 4.78 is 0. The van der Waals surface area contributed by atoms with Crippen LogP contribution in [0.5, 0.6) is 0 Å². The first-order chi connectivity index (χ1) is 16.0. The quantitative estimate of drug-likeness (QED) is 0.125. The topological polar surface area (TPSA) is 60.7 Å². The summed E-state index contributed by atoms with van der Waals surface area (Å²) in [4.78, 5) is 33.7. The second-order valence-corrected chi connectivity index (χ2v) is 14.8. The molecule has 0 aliphatic carbocycles. The molecule has 0 aliphatic heterocycles. The van der Waals surface area contributed by atoms with Crippen molar-refractivity contribution in [2.24, 2.45) is 11.8 Å². The zero-order valence-electron chi connectivity index (χ0n) is 23.2. The Morgan fingerprint density at radius 1 is 0.647 bits per heavy atom. The maximum atomic E-state index is 11.2. The molecule has 0 fully saturated rings. The van der Waals surface area contributed by atoms with Gasteiger partial charge in [0.1, 0.15) is 0 Å². The fourth-order valence-electron chi connectivity index (χ4n) is 4.95. The standard InChI is InChI=1S/C30H57O3P/c1-6-7-8-9-10-17-25-34(31,32,33)30-24-18-22-28(21-15-11-13-19-26(2)3)29(30)23-16-12-14-20-27(4)5/h18,22,24,26-27,31-33H,6-17,19-21,23,25H2,1-5H3. The first kappa shape index (κ1) is 31.6. The van der Waals surface area contributed by atoms with Crippen LogP contribution < -0.4 is 5.30 Å². The molecule has 1 aromatic carbocycles. The molecule has 1 aromatic rings. The van der Waals surface area contributed by atoms with E-state index in [4.69, 9.17) is 0 Å². The Kier molecular flexibility index (Phi) is 15.1. The Morgan fingerprint density at radius 3 is 1.76 bits per heavy atom. The normalized spacial score (nSPS) is 13.5. The summed E-state index contributed by atoms with van der Waals surface area (Å²) in [6.07, 6.45) is 17.7. The molecule has 0 atom stereocenters. The van der Waals surface area contributed by atoms with Crippen LogP contribution in [0.4, 0.5) is 0 Å². The van der Waals surface area contributed by atoms with E-state index in [2.05, 4.69) is 40.7 Å². The summed E-state index contributed by atoms with van der Waals surface area (Å²) in [7, 11) is -4.87. The van der Waals surface area contributed by atoms with Crippen LogP contribution in [0.2, 0.25) is 0 Å². The van der Waals surface area contributed by atoms with Crippen LogP contribution >= 0.6 is 7.28 Å². The van der Waals surface area contributed by atoms with Crippen LogP contribution in [0.1, 0.15) is 136 Å². The summed E-state index contributed by atoms with van der Waals surface area (Å²) in [5, 5.41) is 0.447. The molecule has 0 spiro atoms. The molecular formula is C30H57O3P. The van der Waals surface area contributed by atoms with Crippen molar-refractivity contribution in [3.63, 3.8) is 0 Å². The molecule has 4 heteroatoms. The van der Waals surface area contributed by atoms with E-state index in [0.29, 0.717) is 11.7 Å². The first-order valence-corrected chi connectivity index (χ1v) is 16.7. The number of benzene rings is 1. The van der Waals surface area contributed by atoms with Crippen LogP contribution in [0, 0.1) is 11.8 Å². The van der Waals surface area contributed by atoms with Gasteiger partial charge in [0, 0.05) is 0 Å². The van der Waals surface area contributed by atoms with E-state index in [-0.39, 0.29) is 6.16 Å². The minimum absolute atomic E-state index is 0.0932. The monoisotopic (exact) mass is 496 g/mol. The average molecular weight is 497 g/mol. The van der Waals surface area contributed by atoms with Crippen molar-refractivity contribution in [3.05, 3.63) is 29.3 Å². The van der Waals surface area contributed by atoms with Crippen molar-refractivity contribution in [3.8, 4) is 0 Å². The molecule has 200 valence electrons. The van der Waals surface area contributed by atoms with Gasteiger partial charge in [0.05, 0.1) is 0 Å². The van der Waals surface area contributed by atoms with E-state index in [1.54, 1.807) is 6.07 Å². The Balaban J connectivity index is 2.92. The average Bonchev–Trinajstić information content (AvgIpc) is 2.75. The molecule has 3 N–H and O–H groups in total. The molecule has 0 saturated carbocycles. The molecule has 0 aromatic heterocycles. The van der Waals surface area contributed by atoms with Gasteiger partial charge < -0.3 is 0 Å². The molecule has 0 unspecified atom stereocenters. The van der Waals surface area contributed by atoms with Crippen molar-refractivity contribution >= 4 is 12.6 Å². The van der Waals surface area contributed by atoms with Gasteiger partial charge in [-0.3, -0.25) is 0 Å².